The number of ether oxygens (including phenoxy) is 1. The van der Waals surface area contributed by atoms with Crippen molar-refractivity contribution in [3.8, 4) is 0 Å². The van der Waals surface area contributed by atoms with Gasteiger partial charge in [-0.05, 0) is 30.5 Å². The summed E-state index contributed by atoms with van der Waals surface area (Å²) in [5.41, 5.74) is 1.96. The first-order valence-corrected chi connectivity index (χ1v) is 11.0. The zero-order valence-corrected chi connectivity index (χ0v) is 18.7. The van der Waals surface area contributed by atoms with Gasteiger partial charge in [0, 0.05) is 36.0 Å². The van der Waals surface area contributed by atoms with Crippen molar-refractivity contribution in [1.29, 1.82) is 0 Å². The van der Waals surface area contributed by atoms with Crippen molar-refractivity contribution in [2.45, 2.75) is 70.7 Å². The number of rotatable bonds is 9. The van der Waals surface area contributed by atoms with Crippen LogP contribution in [-0.4, -0.2) is 52.2 Å². The predicted octanol–water partition coefficient (Wildman–Crippen LogP) is 2.69. The Labute approximate surface area is 187 Å². The van der Waals surface area contributed by atoms with Gasteiger partial charge in [0.1, 0.15) is 0 Å². The SMILES string of the molecule is CCC(CC)O[C@@H]1C=C(C(=O)O)C[C@H](NC(=O)Cc2c[nH]c3ccccc23)[C@H]1NC(C)=O. The molecule has 0 saturated carbocycles. The summed E-state index contributed by atoms with van der Waals surface area (Å²) in [4.78, 5) is 39.7. The highest BCUT2D eigenvalue weighted by molar-refractivity contribution is 5.90. The molecule has 1 heterocycles. The number of nitrogens with one attached hydrogen (secondary N) is 3. The number of aliphatic carboxylic acids is 1. The maximum absolute atomic E-state index is 12.9. The monoisotopic (exact) mass is 441 g/mol. The third-order valence-electron chi connectivity index (χ3n) is 5.87. The van der Waals surface area contributed by atoms with Gasteiger partial charge in [-0.25, -0.2) is 4.79 Å². The summed E-state index contributed by atoms with van der Waals surface area (Å²) in [5.74, 6) is -1.57. The lowest BCUT2D eigenvalue weighted by atomic mass is 9.87. The van der Waals surface area contributed by atoms with Crippen LogP contribution in [-0.2, 0) is 25.5 Å². The Balaban J connectivity index is 1.82. The van der Waals surface area contributed by atoms with Gasteiger partial charge in [0.2, 0.25) is 11.8 Å². The van der Waals surface area contributed by atoms with Crippen LogP contribution in [0.15, 0.2) is 42.1 Å². The van der Waals surface area contributed by atoms with Crippen LogP contribution in [0, 0.1) is 0 Å². The van der Waals surface area contributed by atoms with E-state index in [9.17, 15) is 19.5 Å². The number of carbonyl (C=O) groups excluding carboxylic acids is 2. The highest BCUT2D eigenvalue weighted by Crippen LogP contribution is 2.25. The standard InChI is InChI=1S/C24H31N3O5/c1-4-17(5-2)32-21-11-15(24(30)31)10-20(23(21)26-14(3)28)27-22(29)12-16-13-25-19-9-7-6-8-18(16)19/h6-9,11,13,17,20-21,23,25H,4-5,10,12H2,1-3H3,(H,26,28)(H,27,29)(H,30,31)/t20-,21+,23+/m0/s1. The van der Waals surface area contributed by atoms with E-state index in [0.29, 0.717) is 0 Å². The highest BCUT2D eigenvalue weighted by atomic mass is 16.5. The zero-order valence-electron chi connectivity index (χ0n) is 18.7. The largest absolute Gasteiger partial charge is 0.478 e. The molecule has 0 saturated heterocycles. The van der Waals surface area contributed by atoms with E-state index >= 15 is 0 Å². The van der Waals surface area contributed by atoms with E-state index in [1.54, 1.807) is 12.3 Å². The number of amides is 2. The number of carbonyl (C=O) groups is 3. The predicted molar refractivity (Wildman–Crippen MR) is 121 cm³/mol. The number of fused-ring (bicyclic) bond motifs is 1. The number of carboxylic acid groups (broad SMARTS) is 1. The number of aromatic nitrogens is 1. The van der Waals surface area contributed by atoms with Crippen molar-refractivity contribution < 1.29 is 24.2 Å². The Morgan fingerprint density at radius 1 is 1.19 bits per heavy atom. The average molecular weight is 442 g/mol. The second kappa shape index (κ2) is 10.5. The molecule has 0 bridgehead atoms. The lowest BCUT2D eigenvalue weighted by molar-refractivity contribution is -0.133. The van der Waals surface area contributed by atoms with Crippen LogP contribution in [0.4, 0.5) is 0 Å². The Morgan fingerprint density at radius 3 is 2.56 bits per heavy atom. The van der Waals surface area contributed by atoms with Crippen molar-refractivity contribution in [2.75, 3.05) is 0 Å². The van der Waals surface area contributed by atoms with E-state index in [1.165, 1.54) is 6.92 Å². The first-order chi connectivity index (χ1) is 15.3. The molecular weight excluding hydrogens is 410 g/mol. The summed E-state index contributed by atoms with van der Waals surface area (Å²) in [6.45, 7) is 5.38. The third-order valence-corrected chi connectivity index (χ3v) is 5.87. The minimum absolute atomic E-state index is 0.0803. The molecule has 32 heavy (non-hydrogen) atoms. The number of para-hydroxylation sites is 1. The molecule has 4 N–H and O–H groups in total. The van der Waals surface area contributed by atoms with Gasteiger partial charge in [-0.3, -0.25) is 9.59 Å². The Kier molecular flexibility index (Phi) is 7.69. The van der Waals surface area contributed by atoms with E-state index in [-0.39, 0.29) is 36.3 Å². The van der Waals surface area contributed by atoms with Crippen LogP contribution < -0.4 is 10.6 Å². The van der Waals surface area contributed by atoms with Gasteiger partial charge in [0.25, 0.3) is 0 Å². The summed E-state index contributed by atoms with van der Waals surface area (Å²) in [6.07, 6.45) is 4.38. The van der Waals surface area contributed by atoms with Gasteiger partial charge in [-0.15, -0.1) is 0 Å². The molecule has 3 rings (SSSR count). The minimum Gasteiger partial charge on any atom is -0.478 e. The van der Waals surface area contributed by atoms with Crippen LogP contribution in [0.25, 0.3) is 10.9 Å². The summed E-state index contributed by atoms with van der Waals surface area (Å²) in [5, 5.41) is 16.4. The van der Waals surface area contributed by atoms with E-state index in [0.717, 1.165) is 29.3 Å². The zero-order chi connectivity index (χ0) is 23.3. The lowest BCUT2D eigenvalue weighted by Crippen LogP contribution is -2.59. The fraction of sp³-hybridized carbons (Fsp3) is 0.458. The quantitative estimate of drug-likeness (QED) is 0.477. The molecule has 0 radical (unpaired) electrons. The van der Waals surface area contributed by atoms with Gasteiger partial charge >= 0.3 is 5.97 Å². The maximum Gasteiger partial charge on any atom is 0.331 e. The smallest absolute Gasteiger partial charge is 0.331 e. The highest BCUT2D eigenvalue weighted by Gasteiger charge is 2.38. The molecule has 172 valence electrons. The summed E-state index contributed by atoms with van der Waals surface area (Å²) < 4.78 is 6.15. The van der Waals surface area contributed by atoms with Crippen molar-refractivity contribution in [1.82, 2.24) is 15.6 Å². The number of hydrogen-bond donors (Lipinski definition) is 4. The number of carboxylic acids is 1. The topological polar surface area (TPSA) is 121 Å². The normalized spacial score (nSPS) is 20.8. The molecule has 1 aliphatic rings. The molecule has 1 aliphatic carbocycles. The van der Waals surface area contributed by atoms with Crippen molar-refractivity contribution in [3.05, 3.63) is 47.7 Å². The first-order valence-electron chi connectivity index (χ1n) is 11.0. The Morgan fingerprint density at radius 2 is 1.91 bits per heavy atom. The van der Waals surface area contributed by atoms with Gasteiger partial charge in [0.15, 0.2) is 0 Å². The van der Waals surface area contributed by atoms with E-state index in [4.69, 9.17) is 4.74 Å². The molecule has 0 unspecified atom stereocenters. The van der Waals surface area contributed by atoms with Crippen LogP contribution in [0.5, 0.6) is 0 Å². The lowest BCUT2D eigenvalue weighted by Gasteiger charge is -2.38. The van der Waals surface area contributed by atoms with Gasteiger partial charge in [0.05, 0.1) is 30.7 Å². The van der Waals surface area contributed by atoms with Gasteiger partial charge in [-0.1, -0.05) is 32.0 Å². The Bertz CT molecular complexity index is 1010. The van der Waals surface area contributed by atoms with Crippen molar-refractivity contribution >= 4 is 28.7 Å². The summed E-state index contributed by atoms with van der Waals surface area (Å²) in [7, 11) is 0. The number of benzene rings is 1. The van der Waals surface area contributed by atoms with Crippen LogP contribution in [0.2, 0.25) is 0 Å². The fourth-order valence-corrected chi connectivity index (χ4v) is 4.22. The molecule has 8 nitrogen and oxygen atoms in total. The van der Waals surface area contributed by atoms with Crippen LogP contribution in [0.3, 0.4) is 0 Å². The molecule has 3 atom stereocenters. The summed E-state index contributed by atoms with van der Waals surface area (Å²) >= 11 is 0. The second-order valence-corrected chi connectivity index (χ2v) is 8.18. The molecular formula is C24H31N3O5. The van der Waals surface area contributed by atoms with Crippen molar-refractivity contribution in [2.24, 2.45) is 0 Å². The van der Waals surface area contributed by atoms with Crippen LogP contribution >= 0.6 is 0 Å². The maximum atomic E-state index is 12.9. The van der Waals surface area contributed by atoms with E-state index < -0.39 is 24.2 Å². The number of aromatic amines is 1. The number of H-pyrrole nitrogens is 1. The molecule has 0 spiro atoms. The average Bonchev–Trinajstić information content (AvgIpc) is 3.16. The van der Waals surface area contributed by atoms with Gasteiger partial charge < -0.3 is 25.5 Å². The van der Waals surface area contributed by atoms with Gasteiger partial charge in [-0.2, -0.15) is 0 Å². The third kappa shape index (κ3) is 5.56. The summed E-state index contributed by atoms with van der Waals surface area (Å²) in [6, 6.07) is 6.54. The van der Waals surface area contributed by atoms with E-state index in [1.807, 2.05) is 38.1 Å². The fourth-order valence-electron chi connectivity index (χ4n) is 4.22. The van der Waals surface area contributed by atoms with Crippen LogP contribution in [0.1, 0.15) is 45.6 Å². The molecule has 8 heteroatoms. The molecule has 0 fully saturated rings. The molecule has 1 aromatic carbocycles. The minimum atomic E-state index is -1.06. The molecule has 1 aromatic heterocycles. The number of hydrogen-bond acceptors (Lipinski definition) is 4. The Hall–Kier alpha value is -3.13. The molecule has 2 aromatic rings. The van der Waals surface area contributed by atoms with E-state index in [2.05, 4.69) is 15.6 Å². The molecule has 2 amide bonds. The van der Waals surface area contributed by atoms with Crippen molar-refractivity contribution in [3.63, 3.8) is 0 Å². The second-order valence-electron chi connectivity index (χ2n) is 8.18. The molecule has 0 aliphatic heterocycles. The first kappa shape index (κ1) is 23.5.